The monoisotopic (exact) mass is 599 g/mol. The van der Waals surface area contributed by atoms with Crippen LogP contribution in [-0.4, -0.2) is 66.1 Å². The van der Waals surface area contributed by atoms with Gasteiger partial charge in [0, 0.05) is 39.3 Å². The lowest BCUT2D eigenvalue weighted by atomic mass is 9.97. The van der Waals surface area contributed by atoms with E-state index in [9.17, 15) is 19.2 Å². The van der Waals surface area contributed by atoms with Gasteiger partial charge in [-0.15, -0.1) is 0 Å². The highest BCUT2D eigenvalue weighted by molar-refractivity contribution is 5.85. The van der Waals surface area contributed by atoms with Crippen molar-refractivity contribution in [1.82, 2.24) is 4.57 Å². The maximum atomic E-state index is 15.4. The summed E-state index contributed by atoms with van der Waals surface area (Å²) < 4.78 is 50.7. The van der Waals surface area contributed by atoms with Gasteiger partial charge in [0.2, 0.25) is 0 Å². The number of ether oxygens (including phenoxy) is 6. The van der Waals surface area contributed by atoms with Crippen molar-refractivity contribution in [3.05, 3.63) is 65.6 Å². The van der Waals surface area contributed by atoms with Gasteiger partial charge >= 0.3 is 23.9 Å². The number of halogens is 1. The third-order valence-corrected chi connectivity index (χ3v) is 6.76. The first-order chi connectivity index (χ1) is 20.5. The smallest absolute Gasteiger partial charge is 0.303 e. The second kappa shape index (κ2) is 13.7. The topological polar surface area (TPSA) is 129 Å². The lowest BCUT2D eigenvalue weighted by Gasteiger charge is -2.44. The fraction of sp³-hybridized carbons (Fsp3) is 0.419. The first kappa shape index (κ1) is 31.5. The van der Waals surface area contributed by atoms with Crippen LogP contribution in [-0.2, 0) is 49.3 Å². The molecule has 0 bridgehead atoms. The highest BCUT2D eigenvalue weighted by atomic mass is 19.1. The summed E-state index contributed by atoms with van der Waals surface area (Å²) in [6.07, 6.45) is -4.34. The number of fused-ring (bicyclic) bond motifs is 1. The van der Waals surface area contributed by atoms with Crippen LogP contribution in [0.25, 0.3) is 10.9 Å². The van der Waals surface area contributed by atoms with Crippen molar-refractivity contribution in [3.8, 4) is 5.75 Å². The molecule has 0 unspecified atom stereocenters. The number of rotatable bonds is 10. The highest BCUT2D eigenvalue weighted by Gasteiger charge is 2.53. The van der Waals surface area contributed by atoms with E-state index >= 15 is 4.39 Å². The molecule has 1 aliphatic rings. The van der Waals surface area contributed by atoms with Crippen molar-refractivity contribution in [3.63, 3.8) is 0 Å². The first-order valence-corrected chi connectivity index (χ1v) is 13.8. The van der Waals surface area contributed by atoms with E-state index < -0.39 is 60.3 Å². The minimum Gasteiger partial charge on any atom is -0.494 e. The van der Waals surface area contributed by atoms with Crippen molar-refractivity contribution >= 4 is 34.8 Å². The SMILES string of the molecule is CCOc1ccc(Cc2cn([C@@H]3O[C@H](COC(C)=O)[C@@H](OC(C)=O)[C@H](OC(C)=O)[C@H]3OC(C)=O)c3cccc(F)c23)cc1. The summed E-state index contributed by atoms with van der Waals surface area (Å²) in [5, 5.41) is 0.309. The van der Waals surface area contributed by atoms with Gasteiger partial charge in [-0.05, 0) is 48.7 Å². The molecule has 1 aliphatic heterocycles. The third-order valence-electron chi connectivity index (χ3n) is 6.76. The number of aromatic nitrogens is 1. The Kier molecular flexibility index (Phi) is 10.0. The van der Waals surface area contributed by atoms with Crippen molar-refractivity contribution in [2.75, 3.05) is 13.2 Å². The molecule has 0 N–H and O–H groups in total. The van der Waals surface area contributed by atoms with Crippen molar-refractivity contribution in [2.45, 2.75) is 71.7 Å². The van der Waals surface area contributed by atoms with E-state index in [1.165, 1.54) is 26.0 Å². The van der Waals surface area contributed by atoms with Gasteiger partial charge < -0.3 is 33.0 Å². The molecular weight excluding hydrogens is 565 g/mol. The predicted molar refractivity (Wildman–Crippen MR) is 150 cm³/mol. The van der Waals surface area contributed by atoms with Gasteiger partial charge in [-0.3, -0.25) is 19.2 Å². The number of nitrogens with zero attached hydrogens (tertiary/aromatic N) is 1. The third kappa shape index (κ3) is 7.50. The molecule has 11 nitrogen and oxygen atoms in total. The van der Waals surface area contributed by atoms with Gasteiger partial charge in [-0.2, -0.15) is 0 Å². The largest absolute Gasteiger partial charge is 0.494 e. The number of hydrogen-bond acceptors (Lipinski definition) is 10. The minimum absolute atomic E-state index is 0.309. The molecule has 0 spiro atoms. The molecule has 2 aromatic carbocycles. The lowest BCUT2D eigenvalue weighted by Crippen LogP contribution is -2.60. The second-order valence-electron chi connectivity index (χ2n) is 10.0. The summed E-state index contributed by atoms with van der Waals surface area (Å²) in [6, 6.07) is 11.9. The predicted octanol–water partition coefficient (Wildman–Crippen LogP) is 4.03. The molecule has 2 heterocycles. The van der Waals surface area contributed by atoms with Crippen LogP contribution in [0.15, 0.2) is 48.7 Å². The zero-order valence-electron chi connectivity index (χ0n) is 24.5. The maximum absolute atomic E-state index is 15.4. The van der Waals surface area contributed by atoms with Crippen molar-refractivity contribution in [2.24, 2.45) is 0 Å². The molecule has 0 amide bonds. The van der Waals surface area contributed by atoms with E-state index in [-0.39, 0.29) is 6.61 Å². The maximum Gasteiger partial charge on any atom is 0.303 e. The van der Waals surface area contributed by atoms with Gasteiger partial charge in [0.05, 0.1) is 12.1 Å². The Labute approximate surface area is 247 Å². The zero-order chi connectivity index (χ0) is 31.3. The van der Waals surface area contributed by atoms with Crippen LogP contribution in [0.5, 0.6) is 5.75 Å². The van der Waals surface area contributed by atoms with E-state index in [0.29, 0.717) is 35.2 Å². The van der Waals surface area contributed by atoms with Crippen LogP contribution < -0.4 is 4.74 Å². The van der Waals surface area contributed by atoms with Gasteiger partial charge in [0.1, 0.15) is 24.3 Å². The fourth-order valence-electron chi connectivity index (χ4n) is 5.21. The van der Waals surface area contributed by atoms with Crippen LogP contribution in [0.1, 0.15) is 52.0 Å². The molecule has 230 valence electrons. The summed E-state index contributed by atoms with van der Waals surface area (Å²) in [5.41, 5.74) is 1.89. The average molecular weight is 600 g/mol. The number of esters is 4. The average Bonchev–Trinajstić information content (AvgIpc) is 3.29. The van der Waals surface area contributed by atoms with Crippen molar-refractivity contribution in [1.29, 1.82) is 0 Å². The van der Waals surface area contributed by atoms with E-state index in [0.717, 1.165) is 19.4 Å². The molecular formula is C31H34FNO10. The van der Waals surface area contributed by atoms with E-state index in [1.54, 1.807) is 16.8 Å². The van der Waals surface area contributed by atoms with E-state index in [4.69, 9.17) is 28.4 Å². The number of carbonyl (C=O) groups is 4. The van der Waals surface area contributed by atoms with Crippen molar-refractivity contribution < 1.29 is 52.0 Å². The molecule has 1 aromatic heterocycles. The van der Waals surface area contributed by atoms with Gasteiger partial charge in [0.25, 0.3) is 0 Å². The highest BCUT2D eigenvalue weighted by Crippen LogP contribution is 2.38. The number of hydrogen-bond donors (Lipinski definition) is 0. The summed E-state index contributed by atoms with van der Waals surface area (Å²) in [7, 11) is 0. The quantitative estimate of drug-likeness (QED) is 0.249. The Balaban J connectivity index is 1.84. The second-order valence-corrected chi connectivity index (χ2v) is 10.0. The Morgan fingerprint density at radius 3 is 2.07 bits per heavy atom. The molecule has 0 radical (unpaired) electrons. The molecule has 0 aliphatic carbocycles. The zero-order valence-corrected chi connectivity index (χ0v) is 24.5. The van der Waals surface area contributed by atoms with Crippen LogP contribution in [0.4, 0.5) is 4.39 Å². The van der Waals surface area contributed by atoms with Crippen LogP contribution >= 0.6 is 0 Å². The molecule has 1 saturated heterocycles. The summed E-state index contributed by atoms with van der Waals surface area (Å²) in [6.45, 7) is 6.70. The normalized spacial score (nSPS) is 21.6. The fourth-order valence-corrected chi connectivity index (χ4v) is 5.21. The Morgan fingerprint density at radius 2 is 1.47 bits per heavy atom. The molecule has 12 heteroatoms. The first-order valence-electron chi connectivity index (χ1n) is 13.8. The van der Waals surface area contributed by atoms with Crippen LogP contribution in [0.3, 0.4) is 0 Å². The summed E-state index contributed by atoms with van der Waals surface area (Å²) in [4.78, 5) is 48.3. The number of benzene rings is 2. The van der Waals surface area contributed by atoms with E-state index in [2.05, 4.69) is 0 Å². The van der Waals surface area contributed by atoms with Gasteiger partial charge in [-0.1, -0.05) is 18.2 Å². The molecule has 5 atom stereocenters. The lowest BCUT2D eigenvalue weighted by molar-refractivity contribution is -0.267. The minimum atomic E-state index is -1.36. The Morgan fingerprint density at radius 1 is 0.837 bits per heavy atom. The molecule has 1 fully saturated rings. The van der Waals surface area contributed by atoms with Gasteiger partial charge in [-0.25, -0.2) is 4.39 Å². The molecule has 0 saturated carbocycles. The summed E-state index contributed by atoms with van der Waals surface area (Å²) >= 11 is 0. The van der Waals surface area contributed by atoms with Crippen LogP contribution in [0.2, 0.25) is 0 Å². The van der Waals surface area contributed by atoms with Gasteiger partial charge in [0.15, 0.2) is 24.5 Å². The molecule has 3 aromatic rings. The Bertz CT molecular complexity index is 1480. The number of carbonyl (C=O) groups excluding carboxylic acids is 4. The Hall–Kier alpha value is -4.45. The molecule has 4 rings (SSSR count). The standard InChI is InChI=1S/C31H34FNO10/c1-6-38-23-12-10-21(11-13-23)14-22-15-33(25-9-7-8-24(32)27(22)25)31-30(42-20(5)37)29(41-19(4)36)28(40-18(3)35)26(43-31)16-39-17(2)34/h7-13,15,26,28-31H,6,14,16H2,1-5H3/t26-,28-,29+,30-,31-/m1/s1. The summed E-state index contributed by atoms with van der Waals surface area (Å²) in [5.74, 6) is -2.61. The molecule has 43 heavy (non-hydrogen) atoms. The van der Waals surface area contributed by atoms with Crippen LogP contribution in [0, 0.1) is 5.82 Å². The van der Waals surface area contributed by atoms with E-state index in [1.807, 2.05) is 31.2 Å².